The van der Waals surface area contributed by atoms with Crippen molar-refractivity contribution in [2.75, 3.05) is 13.2 Å². The molecule has 0 fully saturated rings. The number of aldehydes is 2. The van der Waals surface area contributed by atoms with E-state index in [1.807, 2.05) is 0 Å². The zero-order valence-electron chi connectivity index (χ0n) is 32.7. The predicted molar refractivity (Wildman–Crippen MR) is 210 cm³/mol. The fourth-order valence-electron chi connectivity index (χ4n) is 6.09. The molecular weight excluding hydrogens is 608 g/mol. The van der Waals surface area contributed by atoms with E-state index in [1.54, 1.807) is 0 Å². The Labute approximate surface area is 305 Å². The van der Waals surface area contributed by atoms with Crippen LogP contribution in [0, 0.1) is 0 Å². The van der Waals surface area contributed by atoms with Crippen LogP contribution in [0.4, 0.5) is 0 Å². The van der Waals surface area contributed by atoms with E-state index >= 15 is 0 Å². The number of carbonyl (C=O) groups excluding carboxylic acids is 2. The maximum Gasteiger partial charge on any atom is 0.180 e. The molecule has 0 N–H and O–H groups in total. The first-order chi connectivity index (χ1) is 24.3. The van der Waals surface area contributed by atoms with Crippen LogP contribution in [0.15, 0.2) is 24.3 Å². The van der Waals surface area contributed by atoms with Crippen LogP contribution >= 0.6 is 0 Å². The molecule has 0 aliphatic carbocycles. The Kier molecular flexibility index (Phi) is 41.7. The fourth-order valence-corrected chi connectivity index (χ4v) is 6.09. The molecule has 2 atom stereocenters. The average molecular weight is 691 g/mol. The fraction of sp³-hybridized carbons (Fsp3) is 0.864. The van der Waals surface area contributed by atoms with Crippen LogP contribution in [-0.4, -0.2) is 38.4 Å². The zero-order valence-corrected chi connectivity index (χ0v) is 32.7. The number of hydrogen-bond donors (Lipinski definition) is 0. The molecule has 0 rings (SSSR count). The highest BCUT2D eigenvalue weighted by atomic mass is 16.8. The highest BCUT2D eigenvalue weighted by Gasteiger charge is 2.13. The first-order valence-electron chi connectivity index (χ1n) is 21.4. The van der Waals surface area contributed by atoms with Crippen LogP contribution in [-0.2, 0) is 23.8 Å². The molecule has 0 aliphatic rings. The second-order valence-electron chi connectivity index (χ2n) is 14.2. The van der Waals surface area contributed by atoms with Gasteiger partial charge in [0.25, 0.3) is 0 Å². The van der Waals surface area contributed by atoms with E-state index in [0.29, 0.717) is 12.8 Å². The van der Waals surface area contributed by atoms with Gasteiger partial charge < -0.3 is 23.8 Å². The summed E-state index contributed by atoms with van der Waals surface area (Å²) in [5.74, 6) is 0. The minimum atomic E-state index is -0.388. The molecule has 0 amide bonds. The Balaban J connectivity index is 4.88. The summed E-state index contributed by atoms with van der Waals surface area (Å²) in [4.78, 5) is 20.9. The maximum atomic E-state index is 10.5. The largest absolute Gasteiger partial charge is 0.349 e. The van der Waals surface area contributed by atoms with Gasteiger partial charge in [-0.2, -0.15) is 0 Å². The predicted octanol–water partition coefficient (Wildman–Crippen LogP) is 13.7. The third-order valence-electron chi connectivity index (χ3n) is 9.30. The molecule has 0 bridgehead atoms. The lowest BCUT2D eigenvalue weighted by molar-refractivity contribution is -0.208. The molecule has 0 aliphatic heterocycles. The lowest BCUT2D eigenvalue weighted by Crippen LogP contribution is -2.25. The normalized spacial score (nSPS) is 13.1. The van der Waals surface area contributed by atoms with E-state index in [4.69, 9.17) is 14.2 Å². The van der Waals surface area contributed by atoms with Gasteiger partial charge in [-0.05, 0) is 63.5 Å². The van der Waals surface area contributed by atoms with Gasteiger partial charge in [-0.25, -0.2) is 0 Å². The summed E-state index contributed by atoms with van der Waals surface area (Å²) in [6, 6.07) is 0. The van der Waals surface area contributed by atoms with Crippen molar-refractivity contribution in [3.8, 4) is 0 Å². The molecule has 0 aromatic heterocycles. The summed E-state index contributed by atoms with van der Waals surface area (Å²) in [6.45, 7) is 5.98. The summed E-state index contributed by atoms with van der Waals surface area (Å²) in [7, 11) is 0. The lowest BCUT2D eigenvalue weighted by Gasteiger charge is -2.22. The topological polar surface area (TPSA) is 61.8 Å². The van der Waals surface area contributed by atoms with E-state index in [0.717, 1.165) is 64.3 Å². The molecule has 5 heteroatoms. The van der Waals surface area contributed by atoms with E-state index < -0.39 is 0 Å². The van der Waals surface area contributed by atoms with Crippen LogP contribution in [0.3, 0.4) is 0 Å². The highest BCUT2D eigenvalue weighted by molar-refractivity contribution is 5.49. The molecule has 288 valence electrons. The number of hydrogen-bond acceptors (Lipinski definition) is 5. The molecule has 0 heterocycles. The Morgan fingerprint density at radius 3 is 0.980 bits per heavy atom. The summed E-state index contributed by atoms with van der Waals surface area (Å²) < 4.78 is 19.1. The zero-order chi connectivity index (χ0) is 35.6. The van der Waals surface area contributed by atoms with Gasteiger partial charge in [0.15, 0.2) is 12.6 Å². The Morgan fingerprint density at radius 2 is 0.653 bits per heavy atom. The van der Waals surface area contributed by atoms with Crippen LogP contribution in [0.5, 0.6) is 0 Å². The van der Waals surface area contributed by atoms with E-state index in [-0.39, 0.29) is 12.6 Å². The van der Waals surface area contributed by atoms with Gasteiger partial charge in [0.1, 0.15) is 12.6 Å². The Hall–Kier alpha value is -1.30. The van der Waals surface area contributed by atoms with Crippen molar-refractivity contribution in [3.05, 3.63) is 24.3 Å². The molecular formula is C44H82O5. The summed E-state index contributed by atoms with van der Waals surface area (Å²) >= 11 is 0. The van der Waals surface area contributed by atoms with Crippen molar-refractivity contribution < 1.29 is 23.8 Å². The lowest BCUT2D eigenvalue weighted by atomic mass is 10.1. The van der Waals surface area contributed by atoms with Crippen molar-refractivity contribution in [3.63, 3.8) is 0 Å². The van der Waals surface area contributed by atoms with E-state index in [2.05, 4.69) is 38.2 Å². The van der Waals surface area contributed by atoms with Gasteiger partial charge in [0, 0.05) is 12.8 Å². The molecule has 5 nitrogen and oxygen atoms in total. The number of rotatable bonds is 42. The van der Waals surface area contributed by atoms with Crippen molar-refractivity contribution in [2.45, 2.75) is 232 Å². The average Bonchev–Trinajstić information content (AvgIpc) is 3.11. The third kappa shape index (κ3) is 39.3. The molecule has 0 saturated heterocycles. The van der Waals surface area contributed by atoms with Crippen LogP contribution in [0.25, 0.3) is 0 Å². The van der Waals surface area contributed by atoms with E-state index in [1.165, 1.54) is 154 Å². The summed E-state index contributed by atoms with van der Waals surface area (Å²) in [5.41, 5.74) is 0. The Bertz CT molecular complexity index is 647. The van der Waals surface area contributed by atoms with Crippen LogP contribution in [0.1, 0.15) is 219 Å². The number of ether oxygens (including phenoxy) is 3. The molecule has 0 radical (unpaired) electrons. The second kappa shape index (κ2) is 42.9. The number of unbranched alkanes of at least 4 members (excludes halogenated alkanes) is 28. The third-order valence-corrected chi connectivity index (χ3v) is 9.30. The smallest absolute Gasteiger partial charge is 0.180 e. The SMILES string of the molecule is CCCCCCCCCOC(C=CCCCCCCCCCC=O)OC(C=CCCCCCCCCCC=O)OCCCCCCCCC. The van der Waals surface area contributed by atoms with Crippen molar-refractivity contribution in [2.24, 2.45) is 0 Å². The maximum absolute atomic E-state index is 10.5. The number of allylic oxidation sites excluding steroid dienone is 2. The van der Waals surface area contributed by atoms with Gasteiger partial charge in [-0.1, -0.05) is 167 Å². The monoisotopic (exact) mass is 691 g/mol. The van der Waals surface area contributed by atoms with Crippen molar-refractivity contribution in [1.29, 1.82) is 0 Å². The van der Waals surface area contributed by atoms with Gasteiger partial charge in [-0.15, -0.1) is 0 Å². The van der Waals surface area contributed by atoms with Crippen molar-refractivity contribution >= 4 is 12.6 Å². The van der Waals surface area contributed by atoms with E-state index in [9.17, 15) is 9.59 Å². The summed E-state index contributed by atoms with van der Waals surface area (Å²) in [6.07, 6.45) is 48.1. The van der Waals surface area contributed by atoms with Crippen molar-refractivity contribution in [1.82, 2.24) is 0 Å². The van der Waals surface area contributed by atoms with Gasteiger partial charge in [0.2, 0.25) is 0 Å². The highest BCUT2D eigenvalue weighted by Crippen LogP contribution is 2.15. The van der Waals surface area contributed by atoms with Gasteiger partial charge in [0.05, 0.1) is 13.2 Å². The minimum absolute atomic E-state index is 0.388. The Morgan fingerprint density at radius 1 is 0.367 bits per heavy atom. The quantitative estimate of drug-likeness (QED) is 0.0276. The standard InChI is InChI=1S/C44H82O5/c1-3-5-7-9-23-29-35-41-47-43(37-31-25-19-15-11-13-17-21-27-33-39-45)49-44(48-42-36-30-24-10-8-6-4-2)38-32-26-20-16-12-14-18-22-28-34-40-46/h31-32,37-40,43-44H,3-30,33-36,41-42H2,1-2H3. The summed E-state index contributed by atoms with van der Waals surface area (Å²) in [5, 5.41) is 0. The first-order valence-corrected chi connectivity index (χ1v) is 21.4. The number of carbonyl (C=O) groups is 2. The first kappa shape index (κ1) is 47.7. The molecule has 49 heavy (non-hydrogen) atoms. The van der Waals surface area contributed by atoms with Crippen LogP contribution < -0.4 is 0 Å². The molecule has 0 saturated carbocycles. The van der Waals surface area contributed by atoms with Gasteiger partial charge in [-0.3, -0.25) is 0 Å². The molecule has 0 aromatic carbocycles. The molecule has 0 spiro atoms. The molecule has 0 aromatic rings. The molecule has 2 unspecified atom stereocenters. The van der Waals surface area contributed by atoms with Gasteiger partial charge >= 0.3 is 0 Å². The van der Waals surface area contributed by atoms with Crippen LogP contribution in [0.2, 0.25) is 0 Å². The minimum Gasteiger partial charge on any atom is -0.349 e. The second-order valence-corrected chi connectivity index (χ2v) is 14.2.